The lowest BCUT2D eigenvalue weighted by molar-refractivity contribution is 0.573. The molecule has 2 aromatic rings. The van der Waals surface area contributed by atoms with Crippen LogP contribution in [0.2, 0.25) is 10.0 Å². The molecule has 112 valence electrons. The third kappa shape index (κ3) is 3.23. The molecule has 0 saturated carbocycles. The van der Waals surface area contributed by atoms with Crippen LogP contribution in [0.5, 0.6) is 0 Å². The van der Waals surface area contributed by atoms with Crippen LogP contribution in [0.15, 0.2) is 35.2 Å². The van der Waals surface area contributed by atoms with Crippen LogP contribution >= 0.6 is 23.2 Å². The fourth-order valence-electron chi connectivity index (χ4n) is 1.70. The normalized spacial score (nSPS) is 11.4. The quantitative estimate of drug-likeness (QED) is 0.828. The highest BCUT2D eigenvalue weighted by molar-refractivity contribution is 7.92. The number of nitrogens with two attached hydrogens (primary N) is 1. The van der Waals surface area contributed by atoms with E-state index in [9.17, 15) is 12.8 Å². The molecule has 0 aliphatic rings. The van der Waals surface area contributed by atoms with Gasteiger partial charge in [-0.25, -0.2) is 12.8 Å². The Bertz CT molecular complexity index is 810. The van der Waals surface area contributed by atoms with Crippen molar-refractivity contribution in [2.24, 2.45) is 0 Å². The van der Waals surface area contributed by atoms with Crippen molar-refractivity contribution in [2.45, 2.75) is 11.8 Å². The maximum Gasteiger partial charge on any atom is 0.264 e. The number of hydrogen-bond donors (Lipinski definition) is 2. The van der Waals surface area contributed by atoms with Crippen LogP contribution in [0.1, 0.15) is 5.56 Å². The summed E-state index contributed by atoms with van der Waals surface area (Å²) in [5.41, 5.74) is 5.83. The zero-order valence-electron chi connectivity index (χ0n) is 10.8. The largest absolute Gasteiger partial charge is 0.396 e. The smallest absolute Gasteiger partial charge is 0.264 e. The monoisotopic (exact) mass is 348 g/mol. The molecule has 0 saturated heterocycles. The van der Waals surface area contributed by atoms with Crippen LogP contribution in [0.25, 0.3) is 0 Å². The van der Waals surface area contributed by atoms with Gasteiger partial charge in [0.15, 0.2) is 5.82 Å². The molecular weight excluding hydrogens is 338 g/mol. The van der Waals surface area contributed by atoms with Crippen molar-refractivity contribution < 1.29 is 12.8 Å². The predicted octanol–water partition coefficient (Wildman–Crippen LogP) is 3.82. The van der Waals surface area contributed by atoms with E-state index in [-0.39, 0.29) is 16.4 Å². The van der Waals surface area contributed by atoms with E-state index in [2.05, 4.69) is 4.72 Å². The summed E-state index contributed by atoms with van der Waals surface area (Å²) in [6.07, 6.45) is 0. The van der Waals surface area contributed by atoms with Gasteiger partial charge in [-0.1, -0.05) is 29.3 Å². The molecule has 0 spiro atoms. The first kappa shape index (κ1) is 15.9. The summed E-state index contributed by atoms with van der Waals surface area (Å²) in [7, 11) is -4.18. The summed E-state index contributed by atoms with van der Waals surface area (Å²) in [4.78, 5) is -0.619. The minimum absolute atomic E-state index is 0.0251. The Morgan fingerprint density at radius 3 is 2.57 bits per heavy atom. The zero-order valence-corrected chi connectivity index (χ0v) is 13.2. The Kier molecular flexibility index (Phi) is 4.32. The molecule has 0 radical (unpaired) electrons. The van der Waals surface area contributed by atoms with Crippen LogP contribution in [-0.4, -0.2) is 8.42 Å². The van der Waals surface area contributed by atoms with Gasteiger partial charge in [-0.15, -0.1) is 0 Å². The van der Waals surface area contributed by atoms with E-state index in [1.54, 1.807) is 19.1 Å². The SMILES string of the molecule is Cc1c(Cl)cccc1NS(=O)(=O)c1cc(Cl)cc(N)c1F. The summed E-state index contributed by atoms with van der Waals surface area (Å²) < 4.78 is 40.8. The van der Waals surface area contributed by atoms with E-state index >= 15 is 0 Å². The molecule has 0 fully saturated rings. The predicted molar refractivity (Wildman–Crippen MR) is 82.8 cm³/mol. The Morgan fingerprint density at radius 2 is 1.90 bits per heavy atom. The van der Waals surface area contributed by atoms with Gasteiger partial charge in [0.25, 0.3) is 10.0 Å². The molecule has 0 unspecified atom stereocenters. The summed E-state index contributed by atoms with van der Waals surface area (Å²) in [6, 6.07) is 6.85. The summed E-state index contributed by atoms with van der Waals surface area (Å²) in [5.74, 6) is -1.05. The maximum absolute atomic E-state index is 13.9. The number of halogens is 3. The van der Waals surface area contributed by atoms with Gasteiger partial charge in [0.1, 0.15) is 4.90 Å². The number of anilines is 2. The number of benzene rings is 2. The van der Waals surface area contributed by atoms with Crippen LogP contribution in [0.3, 0.4) is 0 Å². The molecule has 0 aliphatic heterocycles. The van der Waals surface area contributed by atoms with E-state index in [1.165, 1.54) is 6.07 Å². The molecule has 0 amide bonds. The summed E-state index contributed by atoms with van der Waals surface area (Å²) in [6.45, 7) is 1.64. The number of sulfonamides is 1. The third-order valence-corrected chi connectivity index (χ3v) is 4.83. The Labute approximate surface area is 131 Å². The van der Waals surface area contributed by atoms with Crippen LogP contribution < -0.4 is 10.5 Å². The van der Waals surface area contributed by atoms with Gasteiger partial charge in [-0.3, -0.25) is 4.72 Å². The Hall–Kier alpha value is -1.50. The molecule has 21 heavy (non-hydrogen) atoms. The van der Waals surface area contributed by atoms with E-state index < -0.39 is 20.7 Å². The van der Waals surface area contributed by atoms with E-state index in [1.807, 2.05) is 0 Å². The Morgan fingerprint density at radius 1 is 1.24 bits per heavy atom. The first-order valence-corrected chi connectivity index (χ1v) is 7.99. The second kappa shape index (κ2) is 5.71. The number of nitrogen functional groups attached to an aromatic ring is 1. The van der Waals surface area contributed by atoms with Crippen LogP contribution in [-0.2, 0) is 10.0 Å². The van der Waals surface area contributed by atoms with Gasteiger partial charge in [-0.05, 0) is 36.8 Å². The van der Waals surface area contributed by atoms with Crippen molar-refractivity contribution >= 4 is 44.6 Å². The summed E-state index contributed by atoms with van der Waals surface area (Å²) >= 11 is 11.6. The van der Waals surface area contributed by atoms with Gasteiger partial charge >= 0.3 is 0 Å². The second-order valence-corrected chi connectivity index (χ2v) is 6.82. The van der Waals surface area contributed by atoms with Crippen molar-refractivity contribution in [3.8, 4) is 0 Å². The molecule has 2 rings (SSSR count). The van der Waals surface area contributed by atoms with Gasteiger partial charge in [0.2, 0.25) is 0 Å². The first-order valence-electron chi connectivity index (χ1n) is 5.75. The molecule has 4 nitrogen and oxygen atoms in total. The van der Waals surface area contributed by atoms with Crippen molar-refractivity contribution in [3.05, 3.63) is 51.8 Å². The number of rotatable bonds is 3. The van der Waals surface area contributed by atoms with E-state index in [0.29, 0.717) is 10.6 Å². The lowest BCUT2D eigenvalue weighted by Gasteiger charge is -2.13. The minimum Gasteiger partial charge on any atom is -0.396 e. The molecule has 3 N–H and O–H groups in total. The second-order valence-electron chi connectivity index (χ2n) is 4.33. The van der Waals surface area contributed by atoms with Crippen LogP contribution in [0, 0.1) is 12.7 Å². The molecule has 2 aromatic carbocycles. The standard InChI is InChI=1S/C13H11Cl2FN2O2S/c1-7-9(15)3-2-4-11(7)18-21(19,20)12-6-8(14)5-10(17)13(12)16/h2-6,18H,17H2,1H3. The zero-order chi connectivity index (χ0) is 15.8. The van der Waals surface area contributed by atoms with Gasteiger partial charge in [0, 0.05) is 10.0 Å². The first-order chi connectivity index (χ1) is 9.72. The molecule has 8 heteroatoms. The lowest BCUT2D eigenvalue weighted by Crippen LogP contribution is -2.16. The van der Waals surface area contributed by atoms with Gasteiger partial charge in [-0.2, -0.15) is 0 Å². The highest BCUT2D eigenvalue weighted by atomic mass is 35.5. The molecule has 0 atom stereocenters. The van der Waals surface area contributed by atoms with Gasteiger partial charge in [0.05, 0.1) is 11.4 Å². The average Bonchev–Trinajstić information content (AvgIpc) is 2.39. The Balaban J connectivity index is 2.51. The lowest BCUT2D eigenvalue weighted by atomic mass is 10.2. The topological polar surface area (TPSA) is 72.2 Å². The molecule has 0 heterocycles. The fraction of sp³-hybridized carbons (Fsp3) is 0.0769. The number of hydrogen-bond acceptors (Lipinski definition) is 3. The molecule has 0 aromatic heterocycles. The molecular formula is C13H11Cl2FN2O2S. The average molecular weight is 349 g/mol. The van der Waals surface area contributed by atoms with Crippen molar-refractivity contribution in [1.82, 2.24) is 0 Å². The summed E-state index contributed by atoms with van der Waals surface area (Å²) in [5, 5.41) is 0.415. The van der Waals surface area contributed by atoms with Crippen molar-refractivity contribution in [2.75, 3.05) is 10.5 Å². The van der Waals surface area contributed by atoms with Crippen molar-refractivity contribution in [1.29, 1.82) is 0 Å². The van der Waals surface area contributed by atoms with E-state index in [4.69, 9.17) is 28.9 Å². The third-order valence-electron chi connectivity index (χ3n) is 2.83. The maximum atomic E-state index is 13.9. The molecule has 0 bridgehead atoms. The highest BCUT2D eigenvalue weighted by Gasteiger charge is 2.22. The number of nitrogens with one attached hydrogen (secondary N) is 1. The van der Waals surface area contributed by atoms with Crippen molar-refractivity contribution in [3.63, 3.8) is 0 Å². The highest BCUT2D eigenvalue weighted by Crippen LogP contribution is 2.29. The molecule has 0 aliphatic carbocycles. The van der Waals surface area contributed by atoms with E-state index in [0.717, 1.165) is 12.1 Å². The van der Waals surface area contributed by atoms with Crippen LogP contribution in [0.4, 0.5) is 15.8 Å². The fourth-order valence-corrected chi connectivity index (χ4v) is 3.42. The minimum atomic E-state index is -4.18. The van der Waals surface area contributed by atoms with Gasteiger partial charge < -0.3 is 5.73 Å².